The van der Waals surface area contributed by atoms with Gasteiger partial charge in [-0.3, -0.25) is 0 Å². The zero-order valence-electron chi connectivity index (χ0n) is 14.1. The number of nitrogens with zero attached hydrogens (tertiary/aromatic N) is 1. The lowest BCUT2D eigenvalue weighted by Gasteiger charge is -2.26. The summed E-state index contributed by atoms with van der Waals surface area (Å²) in [5.74, 6) is 0. The molecule has 0 aromatic carbocycles. The molecular weight excluding hydrogens is 304 g/mol. The van der Waals surface area contributed by atoms with Crippen LogP contribution in [-0.4, -0.2) is 32.4 Å². The van der Waals surface area contributed by atoms with Crippen LogP contribution in [0.5, 0.6) is 0 Å². The second kappa shape index (κ2) is 6.77. The monoisotopic (exact) mass is 332 g/mol. The first-order valence-electron chi connectivity index (χ1n) is 7.22. The van der Waals surface area contributed by atoms with Gasteiger partial charge in [0.15, 0.2) is 0 Å². The number of aryl methyl sites for hydroxylation is 1. The standard InChI is InChI=1S/C15H28N2O2S2/c1-11(2)16-8-13-14(12(3)9-20-13)21(18,19)17(7)10-15(4,5)6/h9,11,16H,8,10H2,1-7H3. The Morgan fingerprint density at radius 1 is 1.33 bits per heavy atom. The van der Waals surface area contributed by atoms with Crippen molar-refractivity contribution >= 4 is 21.4 Å². The lowest BCUT2D eigenvalue weighted by atomic mass is 9.97. The minimum absolute atomic E-state index is 0.0674. The van der Waals surface area contributed by atoms with Crippen LogP contribution in [0, 0.1) is 12.3 Å². The summed E-state index contributed by atoms with van der Waals surface area (Å²) in [5, 5.41) is 5.23. The third-order valence-electron chi connectivity index (χ3n) is 3.03. The van der Waals surface area contributed by atoms with Gasteiger partial charge in [0.05, 0.1) is 0 Å². The van der Waals surface area contributed by atoms with E-state index >= 15 is 0 Å². The zero-order chi connectivity index (χ0) is 16.4. The molecule has 0 unspecified atom stereocenters. The minimum atomic E-state index is -3.43. The highest BCUT2D eigenvalue weighted by Crippen LogP contribution is 2.30. The van der Waals surface area contributed by atoms with Crippen molar-refractivity contribution in [3.8, 4) is 0 Å². The SMILES string of the molecule is Cc1csc(CNC(C)C)c1S(=O)(=O)N(C)CC(C)(C)C. The summed E-state index contributed by atoms with van der Waals surface area (Å²) in [6.45, 7) is 13.2. The molecule has 0 saturated heterocycles. The fourth-order valence-corrected chi connectivity index (χ4v) is 5.26. The summed E-state index contributed by atoms with van der Waals surface area (Å²) in [4.78, 5) is 1.37. The fraction of sp³-hybridized carbons (Fsp3) is 0.733. The maximum atomic E-state index is 12.9. The molecule has 0 fully saturated rings. The normalized spacial score (nSPS) is 13.4. The molecule has 1 aromatic heterocycles. The highest BCUT2D eigenvalue weighted by molar-refractivity contribution is 7.89. The van der Waals surface area contributed by atoms with E-state index < -0.39 is 10.0 Å². The molecular formula is C15H28N2O2S2. The van der Waals surface area contributed by atoms with Gasteiger partial charge < -0.3 is 5.32 Å². The number of sulfonamides is 1. The average molecular weight is 333 g/mol. The summed E-state index contributed by atoms with van der Waals surface area (Å²) in [6, 6.07) is 0.329. The summed E-state index contributed by atoms with van der Waals surface area (Å²) in [7, 11) is -1.77. The molecule has 1 heterocycles. The van der Waals surface area contributed by atoms with Gasteiger partial charge in [0, 0.05) is 31.1 Å². The Morgan fingerprint density at radius 2 is 1.90 bits per heavy atom. The van der Waals surface area contributed by atoms with Crippen LogP contribution < -0.4 is 5.32 Å². The molecule has 4 nitrogen and oxygen atoms in total. The van der Waals surface area contributed by atoms with Crippen LogP contribution in [0.3, 0.4) is 0 Å². The van der Waals surface area contributed by atoms with E-state index in [-0.39, 0.29) is 5.41 Å². The van der Waals surface area contributed by atoms with Crippen LogP contribution in [0.4, 0.5) is 0 Å². The van der Waals surface area contributed by atoms with Gasteiger partial charge in [-0.05, 0) is 23.3 Å². The molecule has 6 heteroatoms. The molecule has 122 valence electrons. The minimum Gasteiger partial charge on any atom is -0.310 e. The van der Waals surface area contributed by atoms with Gasteiger partial charge in [-0.2, -0.15) is 0 Å². The Labute approximate surface area is 133 Å². The average Bonchev–Trinajstić information content (AvgIpc) is 2.66. The number of thiophene rings is 1. The molecule has 0 radical (unpaired) electrons. The molecule has 0 bridgehead atoms. The smallest absolute Gasteiger partial charge is 0.244 e. The molecule has 1 N–H and O–H groups in total. The number of hydrogen-bond donors (Lipinski definition) is 1. The van der Waals surface area contributed by atoms with Crippen LogP contribution in [0.1, 0.15) is 45.1 Å². The number of nitrogens with one attached hydrogen (secondary N) is 1. The summed E-state index contributed by atoms with van der Waals surface area (Å²) in [5.41, 5.74) is 0.767. The lowest BCUT2D eigenvalue weighted by Crippen LogP contribution is -2.35. The van der Waals surface area contributed by atoms with Crippen LogP contribution in [-0.2, 0) is 16.6 Å². The third-order valence-corrected chi connectivity index (χ3v) is 6.29. The lowest BCUT2D eigenvalue weighted by molar-refractivity contribution is 0.310. The third kappa shape index (κ3) is 5.06. The predicted molar refractivity (Wildman–Crippen MR) is 90.3 cm³/mol. The second-order valence-corrected chi connectivity index (χ2v) is 9.97. The van der Waals surface area contributed by atoms with Gasteiger partial charge in [0.25, 0.3) is 0 Å². The highest BCUT2D eigenvalue weighted by Gasteiger charge is 2.29. The predicted octanol–water partition coefficient (Wildman–Crippen LogP) is 3.22. The highest BCUT2D eigenvalue weighted by atomic mass is 32.2. The van der Waals surface area contributed by atoms with E-state index in [1.54, 1.807) is 7.05 Å². The van der Waals surface area contributed by atoms with Crippen LogP contribution in [0.15, 0.2) is 10.3 Å². The van der Waals surface area contributed by atoms with E-state index in [9.17, 15) is 8.42 Å². The van der Waals surface area contributed by atoms with Crippen molar-refractivity contribution in [2.24, 2.45) is 5.41 Å². The number of rotatable bonds is 6. The van der Waals surface area contributed by atoms with Crippen LogP contribution in [0.2, 0.25) is 0 Å². The van der Waals surface area contributed by atoms with E-state index in [0.29, 0.717) is 24.0 Å². The van der Waals surface area contributed by atoms with Crippen LogP contribution in [0.25, 0.3) is 0 Å². The van der Waals surface area contributed by atoms with Gasteiger partial charge >= 0.3 is 0 Å². The van der Waals surface area contributed by atoms with E-state index in [1.165, 1.54) is 15.6 Å². The Hall–Kier alpha value is -0.430. The number of hydrogen-bond acceptors (Lipinski definition) is 4. The van der Waals surface area contributed by atoms with Crippen molar-refractivity contribution in [2.45, 2.75) is 59.0 Å². The van der Waals surface area contributed by atoms with Gasteiger partial charge in [0.1, 0.15) is 4.90 Å². The molecule has 0 aliphatic rings. The topological polar surface area (TPSA) is 49.4 Å². The van der Waals surface area contributed by atoms with E-state index in [0.717, 1.165) is 10.4 Å². The Balaban J connectivity index is 3.10. The molecule has 0 spiro atoms. The van der Waals surface area contributed by atoms with Gasteiger partial charge in [-0.25, -0.2) is 12.7 Å². The zero-order valence-corrected chi connectivity index (χ0v) is 15.8. The molecule has 0 aliphatic heterocycles. The summed E-state index contributed by atoms with van der Waals surface area (Å²) in [6.07, 6.45) is 0. The summed E-state index contributed by atoms with van der Waals surface area (Å²) < 4.78 is 27.2. The van der Waals surface area contributed by atoms with Crippen molar-refractivity contribution in [1.82, 2.24) is 9.62 Å². The first-order chi connectivity index (χ1) is 9.45. The molecule has 0 amide bonds. The fourth-order valence-electron chi connectivity index (χ4n) is 2.16. The Kier molecular flexibility index (Phi) is 6.00. The second-order valence-electron chi connectivity index (χ2n) is 7.03. The van der Waals surface area contributed by atoms with E-state index in [1.807, 2.05) is 33.1 Å². The van der Waals surface area contributed by atoms with Gasteiger partial charge in [-0.15, -0.1) is 11.3 Å². The maximum Gasteiger partial charge on any atom is 0.244 e. The first kappa shape index (κ1) is 18.6. The molecule has 0 atom stereocenters. The van der Waals surface area contributed by atoms with Crippen molar-refractivity contribution in [3.63, 3.8) is 0 Å². The quantitative estimate of drug-likeness (QED) is 0.870. The van der Waals surface area contributed by atoms with E-state index in [4.69, 9.17) is 0 Å². The first-order valence-corrected chi connectivity index (χ1v) is 9.54. The molecule has 1 aromatic rings. The van der Waals surface area contributed by atoms with Gasteiger partial charge in [0.2, 0.25) is 10.0 Å². The van der Waals surface area contributed by atoms with Crippen molar-refractivity contribution in [2.75, 3.05) is 13.6 Å². The Bertz CT molecular complexity index is 569. The maximum absolute atomic E-state index is 12.9. The van der Waals surface area contributed by atoms with Crippen LogP contribution >= 0.6 is 11.3 Å². The van der Waals surface area contributed by atoms with Gasteiger partial charge in [-0.1, -0.05) is 34.6 Å². The Morgan fingerprint density at radius 3 is 2.38 bits per heavy atom. The molecule has 21 heavy (non-hydrogen) atoms. The molecule has 1 rings (SSSR count). The summed E-state index contributed by atoms with van der Waals surface area (Å²) >= 11 is 1.51. The van der Waals surface area contributed by atoms with Crippen molar-refractivity contribution in [1.29, 1.82) is 0 Å². The van der Waals surface area contributed by atoms with Crippen molar-refractivity contribution in [3.05, 3.63) is 15.8 Å². The molecule has 0 aliphatic carbocycles. The van der Waals surface area contributed by atoms with E-state index in [2.05, 4.69) is 19.2 Å². The van der Waals surface area contributed by atoms with Crippen molar-refractivity contribution < 1.29 is 8.42 Å². The largest absolute Gasteiger partial charge is 0.310 e. The molecule has 0 saturated carbocycles.